The number of aromatic nitrogens is 4. The lowest BCUT2D eigenvalue weighted by Gasteiger charge is -2.10. The first-order chi connectivity index (χ1) is 14.3. The highest BCUT2D eigenvalue weighted by Gasteiger charge is 2.10. The summed E-state index contributed by atoms with van der Waals surface area (Å²) in [5, 5.41) is 16.9. The lowest BCUT2D eigenvalue weighted by Crippen LogP contribution is -2.05. The van der Waals surface area contributed by atoms with Crippen LogP contribution in [-0.4, -0.2) is 27.3 Å². The number of nitrogens with one attached hydrogen (secondary N) is 3. The van der Waals surface area contributed by atoms with Crippen LogP contribution in [0.3, 0.4) is 0 Å². The normalized spacial score (nSPS) is 11.1. The van der Waals surface area contributed by atoms with E-state index < -0.39 is 0 Å². The van der Waals surface area contributed by atoms with E-state index in [0.29, 0.717) is 12.5 Å². The number of thiophene rings is 1. The van der Waals surface area contributed by atoms with E-state index in [1.54, 1.807) is 18.4 Å². The SMILES string of the molecule is COc1ccc(CNc2nc(Nc3ccc4[nH]ncc4c3)c3sccc3n2)cc1. The average Bonchev–Trinajstić information content (AvgIpc) is 3.41. The molecule has 8 heteroatoms. The molecule has 3 N–H and O–H groups in total. The highest BCUT2D eigenvalue weighted by molar-refractivity contribution is 7.17. The van der Waals surface area contributed by atoms with Gasteiger partial charge >= 0.3 is 0 Å². The predicted octanol–water partition coefficient (Wildman–Crippen LogP) is 4.93. The molecule has 0 aliphatic rings. The monoisotopic (exact) mass is 402 g/mol. The van der Waals surface area contributed by atoms with Crippen LogP contribution in [0, 0.1) is 0 Å². The molecule has 0 bridgehead atoms. The third kappa shape index (κ3) is 3.57. The van der Waals surface area contributed by atoms with E-state index in [-0.39, 0.29) is 0 Å². The zero-order valence-corrected chi connectivity index (χ0v) is 16.5. The van der Waals surface area contributed by atoms with Crippen LogP contribution < -0.4 is 15.4 Å². The summed E-state index contributed by atoms with van der Waals surface area (Å²) in [6, 6.07) is 16.0. The summed E-state index contributed by atoms with van der Waals surface area (Å²) >= 11 is 1.62. The number of fused-ring (bicyclic) bond motifs is 2. The minimum absolute atomic E-state index is 0.582. The van der Waals surface area contributed by atoms with Gasteiger partial charge in [-0.3, -0.25) is 5.10 Å². The first kappa shape index (κ1) is 17.4. The fourth-order valence-corrected chi connectivity index (χ4v) is 3.88. The highest BCUT2D eigenvalue weighted by atomic mass is 32.1. The van der Waals surface area contributed by atoms with E-state index in [2.05, 4.69) is 25.8 Å². The first-order valence-corrected chi connectivity index (χ1v) is 9.99. The fourth-order valence-electron chi connectivity index (χ4n) is 3.11. The fraction of sp³-hybridized carbons (Fsp3) is 0.0952. The van der Waals surface area contributed by atoms with Gasteiger partial charge in [-0.15, -0.1) is 11.3 Å². The molecule has 0 aliphatic carbocycles. The van der Waals surface area contributed by atoms with Gasteiger partial charge in [-0.25, -0.2) is 4.98 Å². The highest BCUT2D eigenvalue weighted by Crippen LogP contribution is 2.30. The molecule has 144 valence electrons. The molecule has 0 aliphatic heterocycles. The number of ether oxygens (including phenoxy) is 1. The predicted molar refractivity (Wildman–Crippen MR) is 117 cm³/mol. The Hall–Kier alpha value is -3.65. The van der Waals surface area contributed by atoms with Gasteiger partial charge < -0.3 is 15.4 Å². The number of benzene rings is 2. The van der Waals surface area contributed by atoms with Gasteiger partial charge in [0.2, 0.25) is 5.95 Å². The molecule has 3 heterocycles. The maximum Gasteiger partial charge on any atom is 0.225 e. The van der Waals surface area contributed by atoms with Crippen LogP contribution in [0.25, 0.3) is 21.1 Å². The number of anilines is 3. The number of rotatable bonds is 6. The second-order valence-corrected chi connectivity index (χ2v) is 7.45. The third-order valence-electron chi connectivity index (χ3n) is 4.62. The van der Waals surface area contributed by atoms with Crippen molar-refractivity contribution in [2.24, 2.45) is 0 Å². The second kappa shape index (κ2) is 7.40. The van der Waals surface area contributed by atoms with Gasteiger partial charge in [0, 0.05) is 17.6 Å². The molecule has 0 radical (unpaired) electrons. The molecule has 0 saturated heterocycles. The molecule has 3 aromatic heterocycles. The Morgan fingerprint density at radius 3 is 2.83 bits per heavy atom. The van der Waals surface area contributed by atoms with Crippen molar-refractivity contribution < 1.29 is 4.74 Å². The van der Waals surface area contributed by atoms with Crippen LogP contribution in [-0.2, 0) is 6.54 Å². The molecule has 2 aromatic carbocycles. The molecule has 29 heavy (non-hydrogen) atoms. The van der Waals surface area contributed by atoms with E-state index >= 15 is 0 Å². The zero-order chi connectivity index (χ0) is 19.6. The van der Waals surface area contributed by atoms with Crippen LogP contribution in [0.1, 0.15) is 5.56 Å². The Labute approximate surface area is 170 Å². The van der Waals surface area contributed by atoms with Crippen molar-refractivity contribution in [3.05, 3.63) is 65.7 Å². The molecule has 0 atom stereocenters. The smallest absolute Gasteiger partial charge is 0.225 e. The van der Waals surface area contributed by atoms with E-state index in [4.69, 9.17) is 9.72 Å². The Morgan fingerprint density at radius 2 is 1.97 bits per heavy atom. The first-order valence-electron chi connectivity index (χ1n) is 9.11. The standard InChI is InChI=1S/C21H18N6OS/c1-28-16-5-2-13(3-6-16)11-22-21-25-18-8-9-29-19(18)20(26-21)24-15-4-7-17-14(10-15)12-23-27-17/h2-10,12H,11H2,1H3,(H,23,27)(H2,22,24,25,26). The minimum Gasteiger partial charge on any atom is -0.497 e. The Morgan fingerprint density at radius 1 is 1.07 bits per heavy atom. The van der Waals surface area contributed by atoms with Crippen molar-refractivity contribution in [2.45, 2.75) is 6.54 Å². The largest absolute Gasteiger partial charge is 0.497 e. The van der Waals surface area contributed by atoms with Crippen LogP contribution in [0.15, 0.2) is 60.1 Å². The van der Waals surface area contributed by atoms with Crippen molar-refractivity contribution in [1.82, 2.24) is 20.2 Å². The van der Waals surface area contributed by atoms with Crippen molar-refractivity contribution >= 4 is 49.9 Å². The molecule has 0 saturated carbocycles. The van der Waals surface area contributed by atoms with Crippen molar-refractivity contribution in [1.29, 1.82) is 0 Å². The maximum atomic E-state index is 5.21. The van der Waals surface area contributed by atoms with Gasteiger partial charge in [-0.2, -0.15) is 10.1 Å². The zero-order valence-electron chi connectivity index (χ0n) is 15.6. The average molecular weight is 402 g/mol. The van der Waals surface area contributed by atoms with Crippen LogP contribution in [0.4, 0.5) is 17.5 Å². The lowest BCUT2D eigenvalue weighted by atomic mass is 10.2. The van der Waals surface area contributed by atoms with Crippen molar-refractivity contribution in [3.8, 4) is 5.75 Å². The summed E-state index contributed by atoms with van der Waals surface area (Å²) in [6.45, 7) is 0.625. The molecule has 0 fully saturated rings. The maximum absolute atomic E-state index is 5.21. The van der Waals surface area contributed by atoms with E-state index in [9.17, 15) is 0 Å². The van der Waals surface area contributed by atoms with Gasteiger partial charge in [-0.1, -0.05) is 12.1 Å². The van der Waals surface area contributed by atoms with Gasteiger partial charge in [0.25, 0.3) is 0 Å². The van der Waals surface area contributed by atoms with Gasteiger partial charge in [-0.05, 0) is 47.3 Å². The number of hydrogen-bond acceptors (Lipinski definition) is 7. The molecule has 5 aromatic rings. The van der Waals surface area contributed by atoms with E-state index in [0.717, 1.165) is 43.9 Å². The van der Waals surface area contributed by atoms with Crippen LogP contribution in [0.5, 0.6) is 5.75 Å². The molecule has 0 amide bonds. The number of nitrogens with zero attached hydrogens (tertiary/aromatic N) is 3. The van der Waals surface area contributed by atoms with Crippen molar-refractivity contribution in [3.63, 3.8) is 0 Å². The van der Waals surface area contributed by atoms with Gasteiger partial charge in [0.1, 0.15) is 5.75 Å². The van der Waals surface area contributed by atoms with Gasteiger partial charge in [0.15, 0.2) is 5.82 Å². The third-order valence-corrected chi connectivity index (χ3v) is 5.53. The minimum atomic E-state index is 0.582. The molecule has 5 rings (SSSR count). The summed E-state index contributed by atoms with van der Waals surface area (Å²) < 4.78 is 6.23. The Balaban J connectivity index is 1.41. The van der Waals surface area contributed by atoms with Crippen LogP contribution in [0.2, 0.25) is 0 Å². The molecule has 7 nitrogen and oxygen atoms in total. The number of H-pyrrole nitrogens is 1. The molecular formula is C21H18N6OS. The Bertz CT molecular complexity index is 1280. The number of methoxy groups -OCH3 is 1. The van der Waals surface area contributed by atoms with E-state index in [1.165, 1.54) is 0 Å². The van der Waals surface area contributed by atoms with Gasteiger partial charge in [0.05, 0.1) is 29.0 Å². The molecular weight excluding hydrogens is 384 g/mol. The summed E-state index contributed by atoms with van der Waals surface area (Å²) in [5.74, 6) is 2.20. The topological polar surface area (TPSA) is 87.8 Å². The Kier molecular flexibility index (Phi) is 4.45. The summed E-state index contributed by atoms with van der Waals surface area (Å²) in [7, 11) is 1.66. The summed E-state index contributed by atoms with van der Waals surface area (Å²) in [4.78, 5) is 9.35. The lowest BCUT2D eigenvalue weighted by molar-refractivity contribution is 0.414. The summed E-state index contributed by atoms with van der Waals surface area (Å²) in [6.07, 6.45) is 1.81. The molecule has 0 spiro atoms. The van der Waals surface area contributed by atoms with Crippen LogP contribution >= 0.6 is 11.3 Å². The van der Waals surface area contributed by atoms with E-state index in [1.807, 2.05) is 60.1 Å². The molecule has 0 unspecified atom stereocenters. The quantitative estimate of drug-likeness (QED) is 0.373. The number of aromatic amines is 1. The van der Waals surface area contributed by atoms with Crippen molar-refractivity contribution in [2.75, 3.05) is 17.7 Å². The summed E-state index contributed by atoms with van der Waals surface area (Å²) in [5.41, 5.74) is 3.99. The number of hydrogen-bond donors (Lipinski definition) is 3. The second-order valence-electron chi connectivity index (χ2n) is 6.53.